The number of amides is 1. The second kappa shape index (κ2) is 8.55. The van der Waals surface area contributed by atoms with E-state index in [9.17, 15) is 9.59 Å². The third-order valence-corrected chi connectivity index (χ3v) is 7.19. The van der Waals surface area contributed by atoms with Crippen molar-refractivity contribution in [2.75, 3.05) is 11.1 Å². The first-order valence-electron chi connectivity index (χ1n) is 9.67. The first-order valence-corrected chi connectivity index (χ1v) is 11.5. The lowest BCUT2D eigenvalue weighted by atomic mass is 10.1. The molecule has 29 heavy (non-hydrogen) atoms. The van der Waals surface area contributed by atoms with E-state index in [1.165, 1.54) is 11.8 Å². The predicted octanol–water partition coefficient (Wildman–Crippen LogP) is 4.19. The maximum Gasteiger partial charge on any atom is 0.349 e. The molecule has 0 aliphatic heterocycles. The van der Waals surface area contributed by atoms with Gasteiger partial charge in [0.15, 0.2) is 0 Å². The Morgan fingerprint density at radius 3 is 2.90 bits per heavy atom. The van der Waals surface area contributed by atoms with Crippen LogP contribution in [0.15, 0.2) is 45.5 Å². The number of carbonyl (C=O) groups is 1. The molecule has 0 bridgehead atoms. The highest BCUT2D eigenvalue weighted by molar-refractivity contribution is 8.00. The molecular formula is C22H23N3O2S2. The van der Waals surface area contributed by atoms with Crippen molar-refractivity contribution < 1.29 is 4.79 Å². The lowest BCUT2D eigenvalue weighted by Gasteiger charge is -2.14. The van der Waals surface area contributed by atoms with Gasteiger partial charge in [0.05, 0.1) is 12.3 Å². The summed E-state index contributed by atoms with van der Waals surface area (Å²) in [6.45, 7) is 4.60. The number of thioether (sulfide) groups is 1. The van der Waals surface area contributed by atoms with Crippen LogP contribution in [0.5, 0.6) is 0 Å². The third-order valence-electron chi connectivity index (χ3n) is 5.31. The number of nitrogens with zero attached hydrogens (tertiary/aromatic N) is 2. The molecule has 1 aliphatic rings. The molecule has 1 N–H and O–H groups in total. The largest absolute Gasteiger partial charge is 0.349 e. The molecule has 2 aromatic heterocycles. The Balaban J connectivity index is 1.50. The van der Waals surface area contributed by atoms with Crippen LogP contribution in [0.4, 0.5) is 5.69 Å². The van der Waals surface area contributed by atoms with E-state index in [2.05, 4.69) is 10.3 Å². The number of carbonyl (C=O) groups excluding carboxylic acids is 1. The van der Waals surface area contributed by atoms with Gasteiger partial charge in [-0.1, -0.05) is 30.0 Å². The van der Waals surface area contributed by atoms with Gasteiger partial charge >= 0.3 is 5.69 Å². The van der Waals surface area contributed by atoms with Crippen LogP contribution in [0.1, 0.15) is 33.7 Å². The lowest BCUT2D eigenvalue weighted by Crippen LogP contribution is -2.27. The van der Waals surface area contributed by atoms with Crippen molar-refractivity contribution in [2.45, 2.75) is 44.7 Å². The molecule has 1 aromatic carbocycles. The summed E-state index contributed by atoms with van der Waals surface area (Å²) in [7, 11) is 0. The number of benzene rings is 1. The zero-order chi connectivity index (χ0) is 20.4. The van der Waals surface area contributed by atoms with Crippen LogP contribution >= 0.6 is 23.1 Å². The van der Waals surface area contributed by atoms with Crippen LogP contribution in [0.2, 0.25) is 0 Å². The molecule has 5 nitrogen and oxygen atoms in total. The minimum absolute atomic E-state index is 0.0833. The van der Waals surface area contributed by atoms with Crippen molar-refractivity contribution in [3.63, 3.8) is 0 Å². The number of hydrogen-bond acceptors (Lipinski definition) is 5. The van der Waals surface area contributed by atoms with Gasteiger partial charge in [-0.2, -0.15) is 4.98 Å². The van der Waals surface area contributed by atoms with Gasteiger partial charge < -0.3 is 5.32 Å². The highest BCUT2D eigenvalue weighted by atomic mass is 32.2. The zero-order valence-electron chi connectivity index (χ0n) is 16.5. The molecule has 4 rings (SSSR count). The number of fused-ring (bicyclic) bond motifs is 1. The Labute approximate surface area is 178 Å². The van der Waals surface area contributed by atoms with Gasteiger partial charge in [0.1, 0.15) is 5.03 Å². The highest BCUT2D eigenvalue weighted by Crippen LogP contribution is 2.30. The second-order valence-corrected chi connectivity index (χ2v) is 9.22. The van der Waals surface area contributed by atoms with E-state index in [1.807, 2.05) is 49.6 Å². The van der Waals surface area contributed by atoms with Crippen LogP contribution in [0.25, 0.3) is 0 Å². The fraction of sp³-hybridized carbons (Fsp3) is 0.318. The van der Waals surface area contributed by atoms with Crippen molar-refractivity contribution in [2.24, 2.45) is 0 Å². The van der Waals surface area contributed by atoms with Gasteiger partial charge in [0, 0.05) is 21.8 Å². The van der Waals surface area contributed by atoms with Gasteiger partial charge in [-0.15, -0.1) is 11.3 Å². The average molecular weight is 426 g/mol. The topological polar surface area (TPSA) is 64.0 Å². The smallest absolute Gasteiger partial charge is 0.325 e. The summed E-state index contributed by atoms with van der Waals surface area (Å²) >= 11 is 3.01. The summed E-state index contributed by atoms with van der Waals surface area (Å²) in [5, 5.41) is 5.71. The maximum absolute atomic E-state index is 12.7. The third kappa shape index (κ3) is 4.31. The van der Waals surface area contributed by atoms with Crippen LogP contribution in [0.3, 0.4) is 0 Å². The van der Waals surface area contributed by atoms with Crippen LogP contribution in [-0.4, -0.2) is 21.2 Å². The van der Waals surface area contributed by atoms with E-state index in [1.54, 1.807) is 15.9 Å². The molecule has 0 fully saturated rings. The summed E-state index contributed by atoms with van der Waals surface area (Å²) in [6.07, 6.45) is 2.82. The van der Waals surface area contributed by atoms with Crippen molar-refractivity contribution in [1.82, 2.24) is 9.55 Å². The normalized spacial score (nSPS) is 12.8. The Morgan fingerprint density at radius 1 is 1.24 bits per heavy atom. The molecule has 0 unspecified atom stereocenters. The molecule has 2 heterocycles. The first-order chi connectivity index (χ1) is 14.0. The molecule has 1 amide bonds. The van der Waals surface area contributed by atoms with Gasteiger partial charge in [0.25, 0.3) is 0 Å². The lowest BCUT2D eigenvalue weighted by molar-refractivity contribution is -0.113. The number of hydrogen-bond donors (Lipinski definition) is 1. The summed E-state index contributed by atoms with van der Waals surface area (Å²) in [5.74, 6) is 0.154. The van der Waals surface area contributed by atoms with Crippen LogP contribution in [-0.2, 0) is 24.2 Å². The van der Waals surface area contributed by atoms with Crippen molar-refractivity contribution in [1.29, 1.82) is 0 Å². The molecule has 7 heteroatoms. The maximum atomic E-state index is 12.7. The van der Waals surface area contributed by atoms with E-state index >= 15 is 0 Å². The quantitative estimate of drug-likeness (QED) is 0.475. The summed E-state index contributed by atoms with van der Waals surface area (Å²) in [5.41, 5.74) is 5.03. The number of rotatable bonds is 6. The van der Waals surface area contributed by atoms with Gasteiger partial charge in [-0.25, -0.2) is 4.79 Å². The van der Waals surface area contributed by atoms with E-state index in [0.29, 0.717) is 11.6 Å². The van der Waals surface area contributed by atoms with Crippen molar-refractivity contribution >= 4 is 34.7 Å². The minimum atomic E-state index is -0.225. The summed E-state index contributed by atoms with van der Waals surface area (Å²) in [4.78, 5) is 30.6. The monoisotopic (exact) mass is 425 g/mol. The number of thiophene rings is 1. The van der Waals surface area contributed by atoms with Gasteiger partial charge in [-0.3, -0.25) is 9.36 Å². The molecular weight excluding hydrogens is 402 g/mol. The molecule has 0 saturated heterocycles. The fourth-order valence-electron chi connectivity index (χ4n) is 3.63. The summed E-state index contributed by atoms with van der Waals surface area (Å²) < 4.78 is 1.80. The van der Waals surface area contributed by atoms with Gasteiger partial charge in [-0.05, 0) is 61.7 Å². The Bertz CT molecular complexity index is 1100. The molecule has 1 aliphatic carbocycles. The minimum Gasteiger partial charge on any atom is -0.325 e. The first kappa shape index (κ1) is 19.9. The van der Waals surface area contributed by atoms with Crippen LogP contribution < -0.4 is 11.0 Å². The van der Waals surface area contributed by atoms with E-state index in [-0.39, 0.29) is 17.3 Å². The Hall–Kier alpha value is -2.38. The van der Waals surface area contributed by atoms with E-state index in [4.69, 9.17) is 0 Å². The molecule has 150 valence electrons. The molecule has 3 aromatic rings. The Kier molecular flexibility index (Phi) is 5.87. The van der Waals surface area contributed by atoms with E-state index in [0.717, 1.165) is 52.2 Å². The fourth-order valence-corrected chi connectivity index (χ4v) is 5.20. The summed E-state index contributed by atoms with van der Waals surface area (Å²) in [6, 6.07) is 9.91. The SMILES string of the molecule is Cc1cccc(NC(=O)CSc2nc(=O)n(Cc3cccs3)c3c2CCC3)c1C. The number of aryl methyl sites for hydroxylation is 1. The van der Waals surface area contributed by atoms with Crippen molar-refractivity contribution in [3.05, 3.63) is 73.5 Å². The molecule has 0 spiro atoms. The second-order valence-electron chi connectivity index (χ2n) is 7.23. The predicted molar refractivity (Wildman–Crippen MR) is 119 cm³/mol. The van der Waals surface area contributed by atoms with Crippen molar-refractivity contribution in [3.8, 4) is 0 Å². The zero-order valence-corrected chi connectivity index (χ0v) is 18.2. The molecule has 0 saturated carbocycles. The molecule has 0 atom stereocenters. The van der Waals surface area contributed by atoms with Gasteiger partial charge in [0.2, 0.25) is 5.91 Å². The number of aromatic nitrogens is 2. The standard InChI is InChI=1S/C22H23N3O2S2/c1-14-6-3-9-18(15(14)2)23-20(26)13-29-21-17-8-4-10-19(17)25(22(27)24-21)12-16-7-5-11-28-16/h3,5-7,9,11H,4,8,10,12-13H2,1-2H3,(H,23,26). The highest BCUT2D eigenvalue weighted by Gasteiger charge is 2.22. The number of nitrogens with one attached hydrogen (secondary N) is 1. The average Bonchev–Trinajstić information content (AvgIpc) is 3.38. The number of anilines is 1. The van der Waals surface area contributed by atoms with Crippen LogP contribution in [0, 0.1) is 13.8 Å². The Morgan fingerprint density at radius 2 is 2.10 bits per heavy atom. The molecule has 0 radical (unpaired) electrons. The van der Waals surface area contributed by atoms with E-state index < -0.39 is 0 Å².